The number of anilines is 2. The summed E-state index contributed by atoms with van der Waals surface area (Å²) < 4.78 is 48.3. The van der Waals surface area contributed by atoms with Gasteiger partial charge in [0.1, 0.15) is 23.2 Å². The van der Waals surface area contributed by atoms with Crippen LogP contribution in [0.3, 0.4) is 0 Å². The van der Waals surface area contributed by atoms with Gasteiger partial charge in [0.15, 0.2) is 11.6 Å². The summed E-state index contributed by atoms with van der Waals surface area (Å²) >= 11 is 0. The monoisotopic (exact) mass is 444 g/mol. The standard InChI is InChI=1S/C23H23F3N4O2/c1-13(2)23(31)29-8-9-30-19(12-29)28-21(14-4-6-15(24)7-5-14)22(30)27-16-10-17(25)20(26)18(11-16)32-3/h4-7,10-11,13,27H,8-9,12H2,1-3H3. The number of aromatic nitrogens is 2. The number of nitrogens with one attached hydrogen (secondary N) is 1. The van der Waals surface area contributed by atoms with Gasteiger partial charge in [0.05, 0.1) is 13.7 Å². The molecular formula is C23H23F3N4O2. The summed E-state index contributed by atoms with van der Waals surface area (Å²) in [6.45, 7) is 4.95. The fourth-order valence-electron chi connectivity index (χ4n) is 3.74. The SMILES string of the molecule is COc1cc(Nc2c(-c3ccc(F)cc3)nc3n2CCN(C(=O)C(C)C)C3)cc(F)c1F. The minimum atomic E-state index is -1.07. The van der Waals surface area contributed by atoms with Gasteiger partial charge >= 0.3 is 0 Å². The van der Waals surface area contributed by atoms with Crippen LogP contribution in [-0.4, -0.2) is 34.0 Å². The molecule has 0 unspecified atom stereocenters. The van der Waals surface area contributed by atoms with Gasteiger partial charge in [0.2, 0.25) is 11.7 Å². The van der Waals surface area contributed by atoms with Crippen molar-refractivity contribution in [3.05, 3.63) is 59.7 Å². The first-order chi connectivity index (χ1) is 15.3. The zero-order valence-corrected chi connectivity index (χ0v) is 18.0. The highest BCUT2D eigenvalue weighted by Gasteiger charge is 2.28. The highest BCUT2D eigenvalue weighted by atomic mass is 19.2. The smallest absolute Gasteiger partial charge is 0.225 e. The Labute approximate surface area is 183 Å². The predicted octanol–water partition coefficient (Wildman–Crippen LogP) is 4.72. The van der Waals surface area contributed by atoms with Gasteiger partial charge in [-0.25, -0.2) is 13.8 Å². The first-order valence-electron chi connectivity index (χ1n) is 10.2. The van der Waals surface area contributed by atoms with Crippen molar-refractivity contribution in [2.45, 2.75) is 26.9 Å². The molecule has 1 aromatic heterocycles. The average Bonchev–Trinajstić information content (AvgIpc) is 3.13. The van der Waals surface area contributed by atoms with Crippen LogP contribution in [-0.2, 0) is 17.9 Å². The normalized spacial score (nSPS) is 13.3. The lowest BCUT2D eigenvalue weighted by Gasteiger charge is -2.30. The molecule has 1 aliphatic rings. The van der Waals surface area contributed by atoms with E-state index in [0.717, 1.165) is 6.07 Å². The maximum absolute atomic E-state index is 14.1. The van der Waals surface area contributed by atoms with E-state index in [9.17, 15) is 18.0 Å². The quantitative estimate of drug-likeness (QED) is 0.619. The van der Waals surface area contributed by atoms with E-state index in [1.165, 1.54) is 25.3 Å². The number of carbonyl (C=O) groups excluding carboxylic acids is 1. The molecular weight excluding hydrogens is 421 g/mol. The van der Waals surface area contributed by atoms with Gasteiger partial charge < -0.3 is 19.5 Å². The number of ether oxygens (including phenoxy) is 1. The molecule has 1 amide bonds. The van der Waals surface area contributed by atoms with Crippen molar-refractivity contribution < 1.29 is 22.7 Å². The fraction of sp³-hybridized carbons (Fsp3) is 0.304. The summed E-state index contributed by atoms with van der Waals surface area (Å²) in [5, 5.41) is 3.12. The third-order valence-electron chi connectivity index (χ3n) is 5.37. The minimum absolute atomic E-state index is 0.0300. The Morgan fingerprint density at radius 1 is 1.12 bits per heavy atom. The van der Waals surface area contributed by atoms with Crippen LogP contribution in [0.2, 0.25) is 0 Å². The van der Waals surface area contributed by atoms with Crippen LogP contribution in [0.4, 0.5) is 24.7 Å². The van der Waals surface area contributed by atoms with Gasteiger partial charge in [-0.3, -0.25) is 4.79 Å². The van der Waals surface area contributed by atoms with Gasteiger partial charge in [-0.15, -0.1) is 0 Å². The lowest BCUT2D eigenvalue weighted by molar-refractivity contribution is -0.136. The minimum Gasteiger partial charge on any atom is -0.493 e. The van der Waals surface area contributed by atoms with Crippen LogP contribution in [0.15, 0.2) is 36.4 Å². The van der Waals surface area contributed by atoms with E-state index >= 15 is 0 Å². The number of carbonyl (C=O) groups is 1. The van der Waals surface area contributed by atoms with Crippen LogP contribution < -0.4 is 10.1 Å². The number of rotatable bonds is 5. The summed E-state index contributed by atoms with van der Waals surface area (Å²) in [4.78, 5) is 18.9. The predicted molar refractivity (Wildman–Crippen MR) is 114 cm³/mol. The van der Waals surface area contributed by atoms with E-state index < -0.39 is 11.6 Å². The Bertz CT molecular complexity index is 1160. The van der Waals surface area contributed by atoms with Crippen molar-refractivity contribution in [3.63, 3.8) is 0 Å². The molecule has 0 fully saturated rings. The molecule has 3 aromatic rings. The molecule has 32 heavy (non-hydrogen) atoms. The summed E-state index contributed by atoms with van der Waals surface area (Å²) in [6, 6.07) is 8.22. The number of methoxy groups -OCH3 is 1. The summed E-state index contributed by atoms with van der Waals surface area (Å²) in [5.74, 6) is -1.67. The van der Waals surface area contributed by atoms with E-state index in [1.54, 1.807) is 17.0 Å². The molecule has 0 saturated carbocycles. The first kappa shape index (κ1) is 21.7. The molecule has 6 nitrogen and oxygen atoms in total. The molecule has 9 heteroatoms. The van der Waals surface area contributed by atoms with Crippen molar-refractivity contribution in [2.24, 2.45) is 5.92 Å². The number of halogens is 3. The average molecular weight is 444 g/mol. The second-order valence-corrected chi connectivity index (χ2v) is 7.90. The van der Waals surface area contributed by atoms with E-state index in [1.807, 2.05) is 18.4 Å². The van der Waals surface area contributed by atoms with E-state index in [0.29, 0.717) is 42.5 Å². The van der Waals surface area contributed by atoms with E-state index in [4.69, 9.17) is 9.72 Å². The Morgan fingerprint density at radius 2 is 1.84 bits per heavy atom. The molecule has 168 valence electrons. The Kier molecular flexibility index (Phi) is 5.82. The van der Waals surface area contributed by atoms with Crippen LogP contribution >= 0.6 is 0 Å². The first-order valence-corrected chi connectivity index (χ1v) is 10.2. The molecule has 2 aromatic carbocycles. The van der Waals surface area contributed by atoms with E-state index in [-0.39, 0.29) is 29.1 Å². The number of hydrogen-bond donors (Lipinski definition) is 1. The Morgan fingerprint density at radius 3 is 2.50 bits per heavy atom. The zero-order chi connectivity index (χ0) is 23.0. The molecule has 0 spiro atoms. The lowest BCUT2D eigenvalue weighted by atomic mass is 10.1. The molecule has 0 atom stereocenters. The third kappa shape index (κ3) is 4.02. The summed E-state index contributed by atoms with van der Waals surface area (Å²) in [7, 11) is 1.26. The van der Waals surface area contributed by atoms with Crippen LogP contribution in [0, 0.1) is 23.4 Å². The number of imidazole rings is 1. The maximum Gasteiger partial charge on any atom is 0.225 e. The van der Waals surface area contributed by atoms with Gasteiger partial charge in [0, 0.05) is 42.4 Å². The number of benzene rings is 2. The maximum atomic E-state index is 14.1. The van der Waals surface area contributed by atoms with Crippen molar-refractivity contribution in [1.29, 1.82) is 0 Å². The van der Waals surface area contributed by atoms with Crippen molar-refractivity contribution in [1.82, 2.24) is 14.5 Å². The zero-order valence-electron chi connectivity index (χ0n) is 18.0. The Balaban J connectivity index is 1.78. The highest BCUT2D eigenvalue weighted by Crippen LogP contribution is 2.35. The van der Waals surface area contributed by atoms with Gasteiger partial charge in [-0.1, -0.05) is 13.8 Å². The van der Waals surface area contributed by atoms with Crippen molar-refractivity contribution >= 4 is 17.4 Å². The Hall–Kier alpha value is -3.49. The van der Waals surface area contributed by atoms with Gasteiger partial charge in [0.25, 0.3) is 0 Å². The molecule has 1 N–H and O–H groups in total. The van der Waals surface area contributed by atoms with Crippen LogP contribution in [0.1, 0.15) is 19.7 Å². The largest absolute Gasteiger partial charge is 0.493 e. The molecule has 4 rings (SSSR count). The number of nitrogens with zero attached hydrogens (tertiary/aromatic N) is 3. The number of amides is 1. The third-order valence-corrected chi connectivity index (χ3v) is 5.37. The molecule has 0 bridgehead atoms. The summed E-state index contributed by atoms with van der Waals surface area (Å²) in [6.07, 6.45) is 0. The fourth-order valence-corrected chi connectivity index (χ4v) is 3.74. The molecule has 0 aliphatic carbocycles. The molecule has 2 heterocycles. The van der Waals surface area contributed by atoms with Crippen LogP contribution in [0.25, 0.3) is 11.3 Å². The second kappa shape index (κ2) is 8.57. The van der Waals surface area contributed by atoms with Crippen molar-refractivity contribution in [3.8, 4) is 17.0 Å². The number of hydrogen-bond acceptors (Lipinski definition) is 4. The summed E-state index contributed by atoms with van der Waals surface area (Å²) in [5.41, 5.74) is 1.43. The number of fused-ring (bicyclic) bond motifs is 1. The lowest BCUT2D eigenvalue weighted by Crippen LogP contribution is -2.40. The second-order valence-electron chi connectivity index (χ2n) is 7.90. The topological polar surface area (TPSA) is 59.4 Å². The van der Waals surface area contributed by atoms with Gasteiger partial charge in [-0.05, 0) is 24.3 Å². The van der Waals surface area contributed by atoms with Gasteiger partial charge in [-0.2, -0.15) is 4.39 Å². The highest BCUT2D eigenvalue weighted by molar-refractivity contribution is 5.79. The van der Waals surface area contributed by atoms with Crippen molar-refractivity contribution in [2.75, 3.05) is 19.0 Å². The van der Waals surface area contributed by atoms with Crippen LogP contribution in [0.5, 0.6) is 5.75 Å². The molecule has 1 aliphatic heterocycles. The molecule has 0 saturated heterocycles. The van der Waals surface area contributed by atoms with E-state index in [2.05, 4.69) is 5.32 Å². The molecule has 0 radical (unpaired) electrons.